The molecule has 0 aromatic carbocycles. The summed E-state index contributed by atoms with van der Waals surface area (Å²) in [6.07, 6.45) is 11.4. The Morgan fingerprint density at radius 2 is 2.06 bits per heavy atom. The number of fused-ring (bicyclic) bond motifs is 1. The molecule has 2 heterocycles. The van der Waals surface area contributed by atoms with Crippen molar-refractivity contribution < 1.29 is 0 Å². The minimum atomic E-state index is 0.957. The first-order valence-electron chi connectivity index (χ1n) is 7.15. The number of unbranched alkanes of at least 4 members (excludes halogenated alkanes) is 5. The van der Waals surface area contributed by atoms with E-state index >= 15 is 0 Å². The zero-order valence-corrected chi connectivity index (χ0v) is 11.0. The lowest BCUT2D eigenvalue weighted by molar-refractivity contribution is 0.534. The van der Waals surface area contributed by atoms with Gasteiger partial charge in [0.2, 0.25) is 0 Å². The smallest absolute Gasteiger partial charge is 0.0952 e. The van der Waals surface area contributed by atoms with Gasteiger partial charge < -0.3 is 9.88 Å². The summed E-state index contributed by atoms with van der Waals surface area (Å²) < 4.78 is 2.37. The number of nitrogens with one attached hydrogen (secondary N) is 1. The molecule has 3 nitrogen and oxygen atoms in total. The van der Waals surface area contributed by atoms with Gasteiger partial charge >= 0.3 is 0 Å². The molecule has 0 fully saturated rings. The molecule has 0 radical (unpaired) electrons. The third-order valence-electron chi connectivity index (χ3n) is 3.62. The Kier molecular flexibility index (Phi) is 5.05. The van der Waals surface area contributed by atoms with E-state index < -0.39 is 0 Å². The van der Waals surface area contributed by atoms with Crippen LogP contribution in [0.4, 0.5) is 0 Å². The number of nitrogens with zero attached hydrogens (tertiary/aromatic N) is 2. The Balaban J connectivity index is 1.70. The molecular formula is C14H25N3. The molecule has 0 saturated carbocycles. The summed E-state index contributed by atoms with van der Waals surface area (Å²) in [5, 5.41) is 3.37. The minimum absolute atomic E-state index is 0.957. The molecule has 0 bridgehead atoms. The van der Waals surface area contributed by atoms with Crippen molar-refractivity contribution in [1.29, 1.82) is 0 Å². The van der Waals surface area contributed by atoms with Crippen LogP contribution in [0.1, 0.15) is 56.8 Å². The Hall–Kier alpha value is -0.830. The van der Waals surface area contributed by atoms with E-state index in [9.17, 15) is 0 Å². The van der Waals surface area contributed by atoms with E-state index in [-0.39, 0.29) is 0 Å². The zero-order chi connectivity index (χ0) is 11.9. The molecule has 0 unspecified atom stereocenters. The van der Waals surface area contributed by atoms with Crippen molar-refractivity contribution in [3.8, 4) is 0 Å². The molecule has 17 heavy (non-hydrogen) atoms. The largest absolute Gasteiger partial charge is 0.334 e. The van der Waals surface area contributed by atoms with Gasteiger partial charge in [-0.25, -0.2) is 4.98 Å². The minimum Gasteiger partial charge on any atom is -0.334 e. The van der Waals surface area contributed by atoms with Crippen LogP contribution in [-0.4, -0.2) is 16.1 Å². The van der Waals surface area contributed by atoms with Crippen molar-refractivity contribution in [2.45, 2.75) is 65.0 Å². The van der Waals surface area contributed by atoms with Crippen LogP contribution in [0.5, 0.6) is 0 Å². The molecule has 1 aromatic heterocycles. The molecule has 0 atom stereocenters. The van der Waals surface area contributed by atoms with E-state index in [1.807, 2.05) is 6.33 Å². The topological polar surface area (TPSA) is 29.9 Å². The molecule has 1 aliphatic heterocycles. The molecule has 1 aromatic rings. The lowest BCUT2D eigenvalue weighted by atomic mass is 10.1. The second-order valence-corrected chi connectivity index (χ2v) is 5.03. The Morgan fingerprint density at radius 1 is 1.24 bits per heavy atom. The van der Waals surface area contributed by atoms with Crippen LogP contribution < -0.4 is 5.32 Å². The summed E-state index contributed by atoms with van der Waals surface area (Å²) in [7, 11) is 0. The quantitative estimate of drug-likeness (QED) is 0.736. The summed E-state index contributed by atoms with van der Waals surface area (Å²) in [4.78, 5) is 4.49. The van der Waals surface area contributed by atoms with Crippen molar-refractivity contribution in [3.63, 3.8) is 0 Å². The average molecular weight is 235 g/mol. The SMILES string of the molecule is CCCCCCCCn1cnc2c1CCNC2. The predicted octanol–water partition coefficient (Wildman–Crippen LogP) is 2.89. The number of imidazole rings is 1. The van der Waals surface area contributed by atoms with Gasteiger partial charge in [-0.3, -0.25) is 0 Å². The van der Waals surface area contributed by atoms with Crippen LogP contribution in [0.2, 0.25) is 0 Å². The van der Waals surface area contributed by atoms with Gasteiger partial charge in [-0.05, 0) is 6.42 Å². The molecule has 0 saturated heterocycles. The Morgan fingerprint density at radius 3 is 2.94 bits per heavy atom. The molecule has 1 N–H and O–H groups in total. The maximum absolute atomic E-state index is 4.49. The third-order valence-corrected chi connectivity index (χ3v) is 3.62. The van der Waals surface area contributed by atoms with E-state index in [4.69, 9.17) is 0 Å². The lowest BCUT2D eigenvalue weighted by Crippen LogP contribution is -2.25. The molecule has 0 aliphatic carbocycles. The van der Waals surface area contributed by atoms with Crippen LogP contribution in [0.25, 0.3) is 0 Å². The van der Waals surface area contributed by atoms with Gasteiger partial charge in [0.25, 0.3) is 0 Å². The van der Waals surface area contributed by atoms with E-state index in [2.05, 4.69) is 21.8 Å². The third kappa shape index (κ3) is 3.56. The summed E-state index contributed by atoms with van der Waals surface area (Å²) in [5.74, 6) is 0. The monoisotopic (exact) mass is 235 g/mol. The van der Waals surface area contributed by atoms with Crippen molar-refractivity contribution in [1.82, 2.24) is 14.9 Å². The second kappa shape index (κ2) is 6.80. The second-order valence-electron chi connectivity index (χ2n) is 5.03. The first kappa shape index (κ1) is 12.6. The number of rotatable bonds is 7. The van der Waals surface area contributed by atoms with Crippen molar-refractivity contribution in [2.75, 3.05) is 6.54 Å². The Labute approximate surface area is 105 Å². The maximum atomic E-state index is 4.49. The van der Waals surface area contributed by atoms with E-state index in [0.717, 1.165) is 26.1 Å². The molecule has 96 valence electrons. The van der Waals surface area contributed by atoms with Crippen LogP contribution >= 0.6 is 0 Å². The van der Waals surface area contributed by atoms with Gasteiger partial charge in [0.05, 0.1) is 12.0 Å². The van der Waals surface area contributed by atoms with E-state index in [1.54, 1.807) is 0 Å². The van der Waals surface area contributed by atoms with Crippen molar-refractivity contribution in [3.05, 3.63) is 17.7 Å². The highest BCUT2D eigenvalue weighted by Crippen LogP contribution is 2.14. The van der Waals surface area contributed by atoms with Gasteiger partial charge in [0.1, 0.15) is 0 Å². The van der Waals surface area contributed by atoms with Crippen LogP contribution in [0.15, 0.2) is 6.33 Å². The highest BCUT2D eigenvalue weighted by atomic mass is 15.1. The maximum Gasteiger partial charge on any atom is 0.0952 e. The lowest BCUT2D eigenvalue weighted by Gasteiger charge is -2.15. The molecule has 0 amide bonds. The van der Waals surface area contributed by atoms with Crippen LogP contribution in [0, 0.1) is 0 Å². The number of aromatic nitrogens is 2. The summed E-state index contributed by atoms with van der Waals surface area (Å²) in [6.45, 7) is 5.49. The van der Waals surface area contributed by atoms with Crippen LogP contribution in [0.3, 0.4) is 0 Å². The van der Waals surface area contributed by atoms with Crippen molar-refractivity contribution in [2.24, 2.45) is 0 Å². The fraction of sp³-hybridized carbons (Fsp3) is 0.786. The highest BCUT2D eigenvalue weighted by molar-refractivity contribution is 5.16. The first-order valence-corrected chi connectivity index (χ1v) is 7.15. The summed E-state index contributed by atoms with van der Waals surface area (Å²) in [6, 6.07) is 0. The first-order chi connectivity index (χ1) is 8.42. The molecule has 0 spiro atoms. The average Bonchev–Trinajstić information content (AvgIpc) is 2.77. The normalized spacial score (nSPS) is 14.9. The number of aryl methyl sites for hydroxylation is 1. The Bertz CT molecular complexity index is 330. The van der Waals surface area contributed by atoms with E-state index in [0.29, 0.717) is 0 Å². The van der Waals surface area contributed by atoms with Gasteiger partial charge in [0.15, 0.2) is 0 Å². The van der Waals surface area contributed by atoms with Gasteiger partial charge in [0, 0.05) is 31.7 Å². The molecule has 2 rings (SSSR count). The summed E-state index contributed by atoms with van der Waals surface area (Å²) in [5.41, 5.74) is 2.74. The zero-order valence-electron chi connectivity index (χ0n) is 11.0. The fourth-order valence-electron chi connectivity index (χ4n) is 2.55. The standard InChI is InChI=1S/C14H25N3/c1-2-3-4-5-6-7-10-17-12-16-13-11-15-9-8-14(13)17/h12,15H,2-11H2,1H3. The predicted molar refractivity (Wildman–Crippen MR) is 71.0 cm³/mol. The van der Waals surface area contributed by atoms with E-state index in [1.165, 1.54) is 49.9 Å². The molecule has 3 heteroatoms. The number of hydrogen-bond acceptors (Lipinski definition) is 2. The van der Waals surface area contributed by atoms with Crippen LogP contribution in [-0.2, 0) is 19.5 Å². The van der Waals surface area contributed by atoms with Gasteiger partial charge in [-0.15, -0.1) is 0 Å². The molecule has 1 aliphatic rings. The fourth-order valence-corrected chi connectivity index (χ4v) is 2.55. The van der Waals surface area contributed by atoms with Crippen molar-refractivity contribution >= 4 is 0 Å². The summed E-state index contributed by atoms with van der Waals surface area (Å²) >= 11 is 0. The number of hydrogen-bond donors (Lipinski definition) is 1. The van der Waals surface area contributed by atoms with Gasteiger partial charge in [-0.1, -0.05) is 39.0 Å². The molecular weight excluding hydrogens is 210 g/mol. The highest BCUT2D eigenvalue weighted by Gasteiger charge is 2.13. The van der Waals surface area contributed by atoms with Gasteiger partial charge in [-0.2, -0.15) is 0 Å².